The maximum atomic E-state index is 11.0. The number of thioether (sulfide) groups is 2. The maximum absolute atomic E-state index is 11.0. The van der Waals surface area contributed by atoms with Gasteiger partial charge in [0.25, 0.3) is 0 Å². The number of nitrogens with two attached hydrogens (primary N) is 1. The van der Waals surface area contributed by atoms with E-state index in [0.29, 0.717) is 5.11 Å². The number of hydrogen-bond acceptors (Lipinski definition) is 11. The summed E-state index contributed by atoms with van der Waals surface area (Å²) in [6, 6.07) is 36.3. The smallest absolute Gasteiger partial charge is 0.337 e. The van der Waals surface area contributed by atoms with Crippen molar-refractivity contribution in [1.82, 2.24) is 26.0 Å². The number of rotatable bonds is 8. The van der Waals surface area contributed by atoms with Gasteiger partial charge in [-0.05, 0) is 69.9 Å². The van der Waals surface area contributed by atoms with Crippen molar-refractivity contribution in [3.8, 4) is 0 Å². The van der Waals surface area contributed by atoms with Gasteiger partial charge >= 0.3 is 11.9 Å². The standard InChI is InChI=1S/C21H17ClN4O2S2.C15H13NS2.C6H6ClN3O2/c22-16-9-13(20(27)28)10-23-19(16)25-26-21(29)24-18-14-6-2-1-5-12(14)11-30-17-8-4-3-7-15(17)18;17-10-16-15-12-6-2-1-5-11(12)9-18-14-8-4-3-7-13(14)15;7-4-1-3(6(11)12)2-9-5(4)10-8/h1-10,18H,11H2,(H,23,25)(H,27,28)(H2,24,26,29);1-8,10,15H,9H2,(H,16,17);1-2H,8H2,(H,9,10)(H,11,12). The van der Waals surface area contributed by atoms with Crippen molar-refractivity contribution in [1.29, 1.82) is 0 Å². The lowest BCUT2D eigenvalue weighted by Gasteiger charge is -2.23. The normalized spacial score (nSPS) is 14.4. The van der Waals surface area contributed by atoms with Gasteiger partial charge in [-0.15, -0.1) is 23.5 Å². The second kappa shape index (κ2) is 21.2. The molecule has 60 heavy (non-hydrogen) atoms. The van der Waals surface area contributed by atoms with Crippen molar-refractivity contribution in [2.45, 2.75) is 33.4 Å². The molecule has 0 saturated carbocycles. The zero-order valence-corrected chi connectivity index (χ0v) is 36.0. The van der Waals surface area contributed by atoms with Gasteiger partial charge in [0, 0.05) is 33.7 Å². The minimum Gasteiger partial charge on any atom is -0.478 e. The fourth-order valence-corrected chi connectivity index (χ4v) is 9.18. The molecule has 306 valence electrons. The Morgan fingerprint density at radius 1 is 0.700 bits per heavy atom. The summed E-state index contributed by atoms with van der Waals surface area (Å²) in [5, 5.41) is 24.9. The lowest BCUT2D eigenvalue weighted by Crippen LogP contribution is -2.41. The molecule has 0 saturated heterocycles. The fraction of sp³-hybridized carbons (Fsp3) is 0.0952. The summed E-state index contributed by atoms with van der Waals surface area (Å²) in [7, 11) is 0. The number of fused-ring (bicyclic) bond motifs is 4. The number of aromatic carboxylic acids is 2. The minimum absolute atomic E-state index is 0.00965. The summed E-state index contributed by atoms with van der Waals surface area (Å²) in [4.78, 5) is 31.7. The lowest BCUT2D eigenvalue weighted by atomic mass is 9.95. The van der Waals surface area contributed by atoms with Crippen LogP contribution in [0.3, 0.4) is 0 Å². The van der Waals surface area contributed by atoms with Crippen LogP contribution in [0.5, 0.6) is 0 Å². The summed E-state index contributed by atoms with van der Waals surface area (Å²) in [5.74, 6) is 5.30. The molecule has 8 rings (SSSR count). The summed E-state index contributed by atoms with van der Waals surface area (Å²) in [6.07, 6.45) is 2.40. The van der Waals surface area contributed by atoms with Crippen LogP contribution in [-0.2, 0) is 11.5 Å². The lowest BCUT2D eigenvalue weighted by molar-refractivity contribution is 0.0685. The number of hydrazine groups is 2. The molecule has 2 aliphatic rings. The first-order valence-electron chi connectivity index (χ1n) is 17.9. The average molecular weight is 916 g/mol. The topological polar surface area (TPSA) is 187 Å². The average Bonchev–Trinajstić information content (AvgIpc) is 3.52. The Labute approximate surface area is 375 Å². The van der Waals surface area contributed by atoms with Crippen LogP contribution in [0.1, 0.15) is 66.2 Å². The zero-order valence-electron chi connectivity index (χ0n) is 31.3. The number of carboxylic acid groups (broad SMARTS) is 2. The molecule has 0 spiro atoms. The van der Waals surface area contributed by atoms with E-state index in [1.165, 1.54) is 62.1 Å². The SMILES string of the molecule is NNc1ncc(C(=O)O)cc1Cl.O=C(O)c1cnc(NNC(=S)NC2c3ccccc3CSc3ccccc32)c(Cl)c1.S=CNC1c2ccccc2CSc2ccccc21. The van der Waals surface area contributed by atoms with E-state index in [2.05, 4.69) is 110 Å². The van der Waals surface area contributed by atoms with Crippen LogP contribution in [0.2, 0.25) is 10.0 Å². The van der Waals surface area contributed by atoms with E-state index < -0.39 is 11.9 Å². The Morgan fingerprint density at radius 2 is 1.15 bits per heavy atom. The molecule has 0 amide bonds. The number of nitrogens with zero attached hydrogens (tertiary/aromatic N) is 2. The number of benzene rings is 4. The largest absolute Gasteiger partial charge is 0.478 e. The highest BCUT2D eigenvalue weighted by atomic mass is 35.5. The van der Waals surface area contributed by atoms with E-state index in [1.54, 1.807) is 17.3 Å². The maximum Gasteiger partial charge on any atom is 0.337 e. The number of nitrogens with one attached hydrogen (secondary N) is 5. The van der Waals surface area contributed by atoms with E-state index in [-0.39, 0.29) is 44.9 Å². The van der Waals surface area contributed by atoms with Gasteiger partial charge in [-0.2, -0.15) is 0 Å². The summed E-state index contributed by atoms with van der Waals surface area (Å²) in [6.45, 7) is 0. The van der Waals surface area contributed by atoms with E-state index in [0.717, 1.165) is 17.1 Å². The summed E-state index contributed by atoms with van der Waals surface area (Å²) >= 11 is 25.9. The third-order valence-electron chi connectivity index (χ3n) is 9.08. The number of halogens is 2. The van der Waals surface area contributed by atoms with Gasteiger partial charge in [-0.1, -0.05) is 120 Å². The Hall–Kier alpha value is -5.46. The first-order valence-corrected chi connectivity index (χ1v) is 21.5. The van der Waals surface area contributed by atoms with Crippen molar-refractivity contribution >= 4 is 105 Å². The van der Waals surface area contributed by atoms with Crippen molar-refractivity contribution in [2.75, 3.05) is 10.9 Å². The van der Waals surface area contributed by atoms with Gasteiger partial charge in [0.05, 0.1) is 38.7 Å². The molecule has 0 aliphatic carbocycles. The quantitative estimate of drug-likeness (QED) is 0.0410. The van der Waals surface area contributed by atoms with Gasteiger partial charge in [0.2, 0.25) is 0 Å². The summed E-state index contributed by atoms with van der Waals surface area (Å²) < 4.78 is 0. The van der Waals surface area contributed by atoms with Crippen molar-refractivity contribution in [3.05, 3.63) is 176 Å². The number of carboxylic acids is 2. The van der Waals surface area contributed by atoms with Gasteiger partial charge in [-0.3, -0.25) is 10.9 Å². The van der Waals surface area contributed by atoms with Crippen LogP contribution < -0.4 is 32.8 Å². The van der Waals surface area contributed by atoms with Crippen LogP contribution in [0.25, 0.3) is 0 Å². The predicted molar refractivity (Wildman–Crippen MR) is 248 cm³/mol. The third kappa shape index (κ3) is 11.0. The highest BCUT2D eigenvalue weighted by Gasteiger charge is 2.25. The molecule has 0 bridgehead atoms. The van der Waals surface area contributed by atoms with Crippen LogP contribution in [0.4, 0.5) is 11.6 Å². The molecule has 6 aromatic rings. The molecule has 0 radical (unpaired) electrons. The monoisotopic (exact) mass is 914 g/mol. The van der Waals surface area contributed by atoms with Crippen molar-refractivity contribution in [2.24, 2.45) is 5.84 Å². The number of carbonyl (C=O) groups is 2. The Morgan fingerprint density at radius 3 is 1.63 bits per heavy atom. The van der Waals surface area contributed by atoms with Gasteiger partial charge in [-0.25, -0.2) is 25.4 Å². The van der Waals surface area contributed by atoms with Gasteiger partial charge in [0.15, 0.2) is 16.7 Å². The van der Waals surface area contributed by atoms with Crippen LogP contribution in [-0.4, -0.2) is 42.7 Å². The second-order valence-corrected chi connectivity index (χ2v) is 16.3. The number of pyridine rings is 2. The zero-order chi connectivity index (χ0) is 42.6. The first kappa shape index (κ1) is 44.1. The highest BCUT2D eigenvalue weighted by molar-refractivity contribution is 7.98. The van der Waals surface area contributed by atoms with Crippen molar-refractivity contribution < 1.29 is 19.8 Å². The van der Waals surface area contributed by atoms with Gasteiger partial charge in [0.1, 0.15) is 0 Å². The van der Waals surface area contributed by atoms with Crippen LogP contribution in [0.15, 0.2) is 131 Å². The van der Waals surface area contributed by atoms with E-state index in [9.17, 15) is 9.59 Å². The summed E-state index contributed by atoms with van der Waals surface area (Å²) in [5.41, 5.74) is 17.2. The molecule has 2 atom stereocenters. The molecule has 12 nitrogen and oxygen atoms in total. The molecular formula is C42H36Cl2N8O4S4. The highest BCUT2D eigenvalue weighted by Crippen LogP contribution is 2.40. The molecule has 2 unspecified atom stereocenters. The molecule has 18 heteroatoms. The number of aromatic nitrogens is 2. The Kier molecular flexibility index (Phi) is 15.6. The fourth-order valence-electron chi connectivity index (χ4n) is 6.24. The molecular weight excluding hydrogens is 880 g/mol. The second-order valence-electron chi connectivity index (χ2n) is 12.8. The van der Waals surface area contributed by atoms with Gasteiger partial charge < -0.3 is 26.3 Å². The first-order chi connectivity index (χ1) is 29.1. The van der Waals surface area contributed by atoms with E-state index in [1.807, 2.05) is 36.0 Å². The molecule has 2 aliphatic heterocycles. The number of anilines is 2. The molecule has 2 aromatic heterocycles. The Bertz CT molecular complexity index is 2440. The number of hydrogen-bond donors (Lipinski definition) is 8. The van der Waals surface area contributed by atoms with Crippen LogP contribution >= 0.6 is 71.2 Å². The number of thiocarbonyl (C=S) groups is 2. The molecule has 4 aromatic carbocycles. The third-order valence-corrected chi connectivity index (χ3v) is 12.3. The van der Waals surface area contributed by atoms with E-state index >= 15 is 0 Å². The molecule has 4 heterocycles. The van der Waals surface area contributed by atoms with Crippen molar-refractivity contribution in [3.63, 3.8) is 0 Å². The minimum atomic E-state index is -1.09. The number of nitrogen functional groups attached to an aromatic ring is 1. The van der Waals surface area contributed by atoms with E-state index in [4.69, 9.17) is 63.7 Å². The van der Waals surface area contributed by atoms with Crippen LogP contribution in [0, 0.1) is 0 Å². The predicted octanol–water partition coefficient (Wildman–Crippen LogP) is 9.27. The Balaban J connectivity index is 0.000000170. The molecule has 9 N–H and O–H groups in total. The molecule has 0 fully saturated rings.